The number of rotatable bonds is 2. The first kappa shape index (κ1) is 10.7. The van der Waals surface area contributed by atoms with Gasteiger partial charge in [0.2, 0.25) is 0 Å². The smallest absolute Gasteiger partial charge is 0.379 e. The van der Waals surface area contributed by atoms with E-state index >= 15 is 0 Å². The Balaban J connectivity index is 3.26. The van der Waals surface area contributed by atoms with Crippen molar-refractivity contribution in [3.63, 3.8) is 0 Å². The Kier molecular flexibility index (Phi) is 2.62. The Bertz CT molecular complexity index is 379. The van der Waals surface area contributed by atoms with Gasteiger partial charge in [0.05, 0.1) is 10.6 Å². The van der Waals surface area contributed by atoms with Crippen LogP contribution in [0.25, 0.3) is 0 Å². The summed E-state index contributed by atoms with van der Waals surface area (Å²) in [4.78, 5) is 10.2. The summed E-state index contributed by atoms with van der Waals surface area (Å²) >= 11 is 5.35. The highest BCUT2D eigenvalue weighted by Crippen LogP contribution is 2.35. The van der Waals surface area contributed by atoms with E-state index in [0.29, 0.717) is 0 Å². The van der Waals surface area contributed by atoms with E-state index in [1.165, 1.54) is 0 Å². The molecule has 0 aliphatic carbocycles. The van der Waals surface area contributed by atoms with Crippen molar-refractivity contribution in [2.75, 3.05) is 0 Å². The number of hydrogen-bond acceptors (Lipinski definition) is 2. The highest BCUT2D eigenvalue weighted by atomic mass is 35.5. The van der Waals surface area contributed by atoms with Crippen molar-refractivity contribution >= 4 is 17.6 Å². The van der Waals surface area contributed by atoms with Crippen LogP contribution in [-0.4, -0.2) is 16.2 Å². The number of carbonyl (C=O) groups is 1. The molecule has 0 spiro atoms. The molecule has 0 aliphatic rings. The summed E-state index contributed by atoms with van der Waals surface area (Å²) in [6, 6.07) is 2.57. The van der Waals surface area contributed by atoms with Crippen molar-refractivity contribution in [1.29, 1.82) is 0 Å². The van der Waals surface area contributed by atoms with Gasteiger partial charge in [-0.25, -0.2) is 4.79 Å². The Labute approximate surface area is 82.5 Å². The Hall–Kier alpha value is -1.36. The zero-order valence-electron chi connectivity index (χ0n) is 6.67. The first-order valence-electron chi connectivity index (χ1n) is 3.46. The van der Waals surface area contributed by atoms with Crippen molar-refractivity contribution in [2.45, 2.75) is 5.92 Å². The highest BCUT2D eigenvalue weighted by molar-refractivity contribution is 6.31. The minimum atomic E-state index is -4.05. The summed E-state index contributed by atoms with van der Waals surface area (Å²) in [6.07, 6.45) is 0. The number of aliphatic carboxylic acids is 1. The van der Waals surface area contributed by atoms with Gasteiger partial charge in [0, 0.05) is 0 Å². The predicted octanol–water partition coefficient (Wildman–Crippen LogP) is 2.22. The molecular weight excluding hydrogens is 218 g/mol. The van der Waals surface area contributed by atoms with Crippen molar-refractivity contribution in [3.05, 3.63) is 28.8 Å². The van der Waals surface area contributed by atoms with Crippen LogP contribution >= 0.6 is 11.6 Å². The van der Waals surface area contributed by atoms with Crippen molar-refractivity contribution in [1.82, 2.24) is 0 Å². The van der Waals surface area contributed by atoms with Crippen molar-refractivity contribution in [2.24, 2.45) is 0 Å². The quantitative estimate of drug-likeness (QED) is 0.807. The molecule has 0 aliphatic heterocycles. The molecule has 0 unspecified atom stereocenters. The molecule has 0 heterocycles. The molecule has 6 heteroatoms. The Morgan fingerprint density at radius 3 is 2.43 bits per heavy atom. The molecule has 0 saturated heterocycles. The lowest BCUT2D eigenvalue weighted by molar-refractivity contribution is -0.166. The van der Waals surface area contributed by atoms with Gasteiger partial charge in [0.15, 0.2) is 0 Å². The van der Waals surface area contributed by atoms with Crippen molar-refractivity contribution in [3.8, 4) is 5.75 Å². The molecule has 0 amide bonds. The van der Waals surface area contributed by atoms with E-state index in [4.69, 9.17) is 21.8 Å². The molecular formula is C8H5ClF2O3. The van der Waals surface area contributed by atoms with Gasteiger partial charge in [0.1, 0.15) is 5.75 Å². The normalized spacial score (nSPS) is 11.4. The fraction of sp³-hybridized carbons (Fsp3) is 0.125. The molecule has 0 radical (unpaired) electrons. The lowest BCUT2D eigenvalue weighted by Gasteiger charge is -2.12. The van der Waals surface area contributed by atoms with E-state index in [9.17, 15) is 13.6 Å². The largest absolute Gasteiger partial charge is 0.508 e. The van der Waals surface area contributed by atoms with E-state index in [0.717, 1.165) is 18.2 Å². The van der Waals surface area contributed by atoms with E-state index < -0.39 is 22.5 Å². The molecule has 0 bridgehead atoms. The number of phenolic OH excluding ortho intramolecular Hbond substituents is 1. The summed E-state index contributed by atoms with van der Waals surface area (Å²) in [7, 11) is 0. The molecule has 0 fully saturated rings. The van der Waals surface area contributed by atoms with Crippen molar-refractivity contribution < 1.29 is 23.8 Å². The number of halogens is 3. The average Bonchev–Trinajstić information content (AvgIpc) is 2.02. The topological polar surface area (TPSA) is 57.5 Å². The summed E-state index contributed by atoms with van der Waals surface area (Å²) in [5.74, 6) is -6.64. The number of alkyl halides is 2. The fourth-order valence-corrected chi connectivity index (χ4v) is 1.17. The number of phenols is 1. The average molecular weight is 223 g/mol. The van der Waals surface area contributed by atoms with Crippen LogP contribution in [0.2, 0.25) is 5.02 Å². The molecule has 76 valence electrons. The molecule has 0 saturated carbocycles. The molecule has 3 nitrogen and oxygen atoms in total. The molecule has 0 aromatic heterocycles. The van der Waals surface area contributed by atoms with Crippen LogP contribution in [0.5, 0.6) is 5.75 Å². The minimum absolute atomic E-state index is 0.306. The lowest BCUT2D eigenvalue weighted by Crippen LogP contribution is -2.25. The van der Waals surface area contributed by atoms with E-state index in [2.05, 4.69) is 0 Å². The van der Waals surface area contributed by atoms with E-state index in [-0.39, 0.29) is 5.75 Å². The van der Waals surface area contributed by atoms with Crippen LogP contribution in [0.1, 0.15) is 5.56 Å². The fourth-order valence-electron chi connectivity index (χ4n) is 0.874. The van der Waals surface area contributed by atoms with Gasteiger partial charge in [-0.15, -0.1) is 0 Å². The monoisotopic (exact) mass is 222 g/mol. The Morgan fingerprint density at radius 1 is 1.43 bits per heavy atom. The first-order chi connectivity index (χ1) is 6.35. The van der Waals surface area contributed by atoms with Gasteiger partial charge in [-0.3, -0.25) is 0 Å². The van der Waals surface area contributed by atoms with Crippen LogP contribution in [0.15, 0.2) is 18.2 Å². The maximum atomic E-state index is 12.9. The van der Waals surface area contributed by atoms with E-state index in [1.54, 1.807) is 0 Å². The molecule has 2 N–H and O–H groups in total. The second-order valence-electron chi connectivity index (χ2n) is 2.54. The minimum Gasteiger partial charge on any atom is -0.508 e. The van der Waals surface area contributed by atoms with Gasteiger partial charge < -0.3 is 10.2 Å². The Morgan fingerprint density at radius 2 is 2.00 bits per heavy atom. The number of hydrogen-bond donors (Lipinski definition) is 2. The van der Waals surface area contributed by atoms with E-state index in [1.807, 2.05) is 0 Å². The van der Waals surface area contributed by atoms with Gasteiger partial charge in [-0.05, 0) is 18.2 Å². The maximum Gasteiger partial charge on any atom is 0.379 e. The molecule has 14 heavy (non-hydrogen) atoms. The molecule has 1 aromatic rings. The third-order valence-electron chi connectivity index (χ3n) is 1.56. The second-order valence-corrected chi connectivity index (χ2v) is 2.95. The lowest BCUT2D eigenvalue weighted by atomic mass is 10.1. The molecule has 1 aromatic carbocycles. The predicted molar refractivity (Wildman–Crippen MR) is 44.6 cm³/mol. The number of benzene rings is 1. The van der Waals surface area contributed by atoms with Crippen LogP contribution in [0.3, 0.4) is 0 Å². The van der Waals surface area contributed by atoms with Gasteiger partial charge in [-0.1, -0.05) is 11.6 Å². The van der Waals surface area contributed by atoms with Gasteiger partial charge in [0.25, 0.3) is 0 Å². The summed E-state index contributed by atoms with van der Waals surface area (Å²) in [5, 5.41) is 16.6. The molecule has 0 atom stereocenters. The summed E-state index contributed by atoms with van der Waals surface area (Å²) in [5.41, 5.74) is -0.843. The number of carboxylic acid groups (broad SMARTS) is 1. The maximum absolute atomic E-state index is 12.9. The zero-order chi connectivity index (χ0) is 10.9. The first-order valence-corrected chi connectivity index (χ1v) is 3.83. The third-order valence-corrected chi connectivity index (χ3v) is 1.87. The van der Waals surface area contributed by atoms with Crippen LogP contribution in [-0.2, 0) is 10.7 Å². The summed E-state index contributed by atoms with van der Waals surface area (Å²) in [6.45, 7) is 0. The third kappa shape index (κ3) is 1.77. The number of carboxylic acids is 1. The van der Waals surface area contributed by atoms with Gasteiger partial charge in [-0.2, -0.15) is 8.78 Å². The van der Waals surface area contributed by atoms with Gasteiger partial charge >= 0.3 is 11.9 Å². The number of aromatic hydroxyl groups is 1. The highest BCUT2D eigenvalue weighted by Gasteiger charge is 2.42. The SMILES string of the molecule is O=C(O)C(F)(F)c1ccc(O)cc1Cl. The van der Waals surface area contributed by atoms with Crippen LogP contribution < -0.4 is 0 Å². The second kappa shape index (κ2) is 3.42. The zero-order valence-corrected chi connectivity index (χ0v) is 7.42. The molecule has 1 rings (SSSR count). The standard InChI is InChI=1S/C8H5ClF2O3/c9-6-3-4(12)1-2-5(6)8(10,11)7(13)14/h1-3,12H,(H,13,14). The summed E-state index contributed by atoms with van der Waals surface area (Å²) < 4.78 is 25.8. The van der Waals surface area contributed by atoms with Crippen LogP contribution in [0.4, 0.5) is 8.78 Å². The van der Waals surface area contributed by atoms with Crippen LogP contribution in [0, 0.1) is 0 Å².